The van der Waals surface area contributed by atoms with Crippen molar-refractivity contribution in [2.45, 2.75) is 56.8 Å². The van der Waals surface area contributed by atoms with E-state index in [2.05, 4.69) is 31.2 Å². The summed E-state index contributed by atoms with van der Waals surface area (Å²) >= 11 is 0. The zero-order chi connectivity index (χ0) is 14.1. The van der Waals surface area contributed by atoms with Gasteiger partial charge in [0, 0.05) is 12.8 Å². The van der Waals surface area contributed by atoms with E-state index < -0.39 is 11.4 Å². The summed E-state index contributed by atoms with van der Waals surface area (Å²) in [6, 6.07) is 8.45. The molecule has 0 unspecified atom stereocenters. The van der Waals surface area contributed by atoms with E-state index in [1.54, 1.807) is 0 Å². The van der Waals surface area contributed by atoms with Gasteiger partial charge in [-0.15, -0.1) is 0 Å². The summed E-state index contributed by atoms with van der Waals surface area (Å²) in [5.41, 5.74) is 1.66. The summed E-state index contributed by atoms with van der Waals surface area (Å²) in [6.45, 7) is 3.55. The van der Waals surface area contributed by atoms with Gasteiger partial charge in [0.1, 0.15) is 0 Å². The summed E-state index contributed by atoms with van der Waals surface area (Å²) in [5, 5.41) is 10.9. The lowest BCUT2D eigenvalue weighted by atomic mass is 9.77. The summed E-state index contributed by atoms with van der Waals surface area (Å²) < 4.78 is 11.5. The van der Waals surface area contributed by atoms with Crippen molar-refractivity contribution in [2.75, 3.05) is 13.2 Å². The number of aliphatic hydroxyl groups is 1. The first-order valence-corrected chi connectivity index (χ1v) is 7.76. The Labute approximate surface area is 120 Å². The molecule has 1 saturated carbocycles. The molecule has 1 spiro atoms. The molecular formula is C17H24O3. The normalized spacial score (nSPS) is 24.1. The third-order valence-corrected chi connectivity index (χ3v) is 4.68. The zero-order valence-electron chi connectivity index (χ0n) is 12.2. The van der Waals surface area contributed by atoms with Gasteiger partial charge in [0.2, 0.25) is 0 Å². The summed E-state index contributed by atoms with van der Waals surface area (Å²) in [7, 11) is 0. The molecule has 20 heavy (non-hydrogen) atoms. The van der Waals surface area contributed by atoms with Crippen LogP contribution in [0.1, 0.15) is 50.2 Å². The van der Waals surface area contributed by atoms with Gasteiger partial charge in [-0.2, -0.15) is 0 Å². The molecule has 3 heteroatoms. The minimum atomic E-state index is -0.717. The van der Waals surface area contributed by atoms with Crippen molar-refractivity contribution in [1.29, 1.82) is 0 Å². The fraction of sp³-hybridized carbons (Fsp3) is 0.647. The van der Waals surface area contributed by atoms with Gasteiger partial charge in [-0.25, -0.2) is 0 Å². The van der Waals surface area contributed by atoms with Crippen molar-refractivity contribution in [3.63, 3.8) is 0 Å². The highest BCUT2D eigenvalue weighted by Gasteiger charge is 2.46. The molecule has 0 atom stereocenters. The molecule has 0 amide bonds. The van der Waals surface area contributed by atoms with Gasteiger partial charge in [-0.05, 0) is 30.4 Å². The van der Waals surface area contributed by atoms with Crippen molar-refractivity contribution in [1.82, 2.24) is 0 Å². The fourth-order valence-electron chi connectivity index (χ4n) is 3.39. The van der Waals surface area contributed by atoms with E-state index >= 15 is 0 Å². The van der Waals surface area contributed by atoms with Crippen molar-refractivity contribution >= 4 is 0 Å². The lowest BCUT2D eigenvalue weighted by Gasteiger charge is -2.40. The van der Waals surface area contributed by atoms with Crippen LogP contribution < -0.4 is 0 Å². The Bertz CT molecular complexity index is 436. The van der Waals surface area contributed by atoms with Gasteiger partial charge >= 0.3 is 0 Å². The number of hydrogen-bond acceptors (Lipinski definition) is 3. The summed E-state index contributed by atoms with van der Waals surface area (Å²) in [6.07, 6.45) is 5.23. The second-order valence-corrected chi connectivity index (χ2v) is 6.09. The van der Waals surface area contributed by atoms with E-state index in [4.69, 9.17) is 9.47 Å². The van der Waals surface area contributed by atoms with Crippen LogP contribution in [0, 0.1) is 0 Å². The monoisotopic (exact) mass is 276 g/mol. The SMILES string of the molecule is CCCc1ccc(C2(O)CCC3(CC2)OCCO3)cc1. The third kappa shape index (κ3) is 2.62. The van der Waals surface area contributed by atoms with Crippen LogP contribution in [0.5, 0.6) is 0 Å². The molecular weight excluding hydrogens is 252 g/mol. The molecule has 1 aromatic rings. The molecule has 1 saturated heterocycles. The summed E-state index contributed by atoms with van der Waals surface area (Å²) in [4.78, 5) is 0. The van der Waals surface area contributed by atoms with Crippen molar-refractivity contribution in [3.8, 4) is 0 Å². The summed E-state index contributed by atoms with van der Waals surface area (Å²) in [5.74, 6) is -0.408. The van der Waals surface area contributed by atoms with Gasteiger partial charge < -0.3 is 14.6 Å². The molecule has 110 valence electrons. The van der Waals surface area contributed by atoms with Crippen LogP contribution in [-0.4, -0.2) is 24.1 Å². The molecule has 1 N–H and O–H groups in total. The average molecular weight is 276 g/mol. The Morgan fingerprint density at radius 2 is 1.60 bits per heavy atom. The fourth-order valence-corrected chi connectivity index (χ4v) is 3.39. The second-order valence-electron chi connectivity index (χ2n) is 6.09. The Kier molecular flexibility index (Phi) is 3.85. The van der Waals surface area contributed by atoms with Crippen molar-refractivity contribution < 1.29 is 14.6 Å². The van der Waals surface area contributed by atoms with E-state index in [1.165, 1.54) is 5.56 Å². The molecule has 0 radical (unpaired) electrons. The lowest BCUT2D eigenvalue weighted by Crippen LogP contribution is -2.42. The van der Waals surface area contributed by atoms with Gasteiger partial charge in [0.25, 0.3) is 0 Å². The first-order chi connectivity index (χ1) is 9.66. The lowest BCUT2D eigenvalue weighted by molar-refractivity contribution is -0.204. The molecule has 0 bridgehead atoms. The molecule has 0 aromatic heterocycles. The second kappa shape index (κ2) is 5.47. The van der Waals surface area contributed by atoms with E-state index in [9.17, 15) is 5.11 Å². The van der Waals surface area contributed by atoms with Gasteiger partial charge in [0.05, 0.1) is 18.8 Å². The largest absolute Gasteiger partial charge is 0.385 e. The van der Waals surface area contributed by atoms with Crippen LogP contribution in [0.15, 0.2) is 24.3 Å². The van der Waals surface area contributed by atoms with Crippen LogP contribution in [0.3, 0.4) is 0 Å². The minimum Gasteiger partial charge on any atom is -0.385 e. The van der Waals surface area contributed by atoms with E-state index in [0.29, 0.717) is 26.1 Å². The van der Waals surface area contributed by atoms with Crippen LogP contribution in [-0.2, 0) is 21.5 Å². The van der Waals surface area contributed by atoms with Gasteiger partial charge in [0.15, 0.2) is 5.79 Å². The van der Waals surface area contributed by atoms with Crippen LogP contribution in [0.2, 0.25) is 0 Å². The minimum absolute atomic E-state index is 0.408. The number of hydrogen-bond donors (Lipinski definition) is 1. The van der Waals surface area contributed by atoms with E-state index in [1.807, 2.05) is 0 Å². The van der Waals surface area contributed by atoms with E-state index in [0.717, 1.165) is 31.2 Å². The first kappa shape index (κ1) is 14.1. The quantitative estimate of drug-likeness (QED) is 0.921. The number of aryl methyl sites for hydroxylation is 1. The van der Waals surface area contributed by atoms with Crippen molar-refractivity contribution in [3.05, 3.63) is 35.4 Å². The topological polar surface area (TPSA) is 38.7 Å². The van der Waals surface area contributed by atoms with E-state index in [-0.39, 0.29) is 0 Å². The third-order valence-electron chi connectivity index (χ3n) is 4.68. The van der Waals surface area contributed by atoms with Crippen LogP contribution in [0.4, 0.5) is 0 Å². The average Bonchev–Trinajstić information content (AvgIpc) is 2.93. The molecule has 3 rings (SSSR count). The Morgan fingerprint density at radius 1 is 1.00 bits per heavy atom. The highest BCUT2D eigenvalue weighted by atomic mass is 16.7. The van der Waals surface area contributed by atoms with Gasteiger partial charge in [-0.1, -0.05) is 37.6 Å². The first-order valence-electron chi connectivity index (χ1n) is 7.76. The Balaban J connectivity index is 1.70. The van der Waals surface area contributed by atoms with Crippen molar-refractivity contribution in [2.24, 2.45) is 0 Å². The van der Waals surface area contributed by atoms with Crippen LogP contribution >= 0.6 is 0 Å². The maximum Gasteiger partial charge on any atom is 0.168 e. The number of ether oxygens (including phenoxy) is 2. The maximum absolute atomic E-state index is 10.9. The molecule has 2 fully saturated rings. The molecule has 1 aliphatic carbocycles. The molecule has 3 nitrogen and oxygen atoms in total. The molecule has 1 aromatic carbocycles. The van der Waals surface area contributed by atoms with Crippen LogP contribution in [0.25, 0.3) is 0 Å². The molecule has 2 aliphatic rings. The zero-order valence-corrected chi connectivity index (χ0v) is 12.2. The molecule has 1 heterocycles. The molecule has 1 aliphatic heterocycles. The predicted molar refractivity (Wildman–Crippen MR) is 77.4 cm³/mol. The predicted octanol–water partition coefficient (Wildman–Crippen LogP) is 3.14. The highest BCUT2D eigenvalue weighted by Crippen LogP contribution is 2.44. The highest BCUT2D eigenvalue weighted by molar-refractivity contribution is 5.28. The number of rotatable bonds is 3. The Hall–Kier alpha value is -0.900. The number of benzene rings is 1. The Morgan fingerprint density at radius 3 is 2.15 bits per heavy atom. The standard InChI is InChI=1S/C17H24O3/c1-2-3-14-4-6-15(7-5-14)16(18)8-10-17(11-9-16)19-12-13-20-17/h4-7,18H,2-3,8-13H2,1H3. The van der Waals surface area contributed by atoms with Gasteiger partial charge in [-0.3, -0.25) is 0 Å². The maximum atomic E-state index is 10.9. The smallest absolute Gasteiger partial charge is 0.168 e.